The summed E-state index contributed by atoms with van der Waals surface area (Å²) in [5.41, 5.74) is 1.19. The van der Waals surface area contributed by atoms with Crippen molar-refractivity contribution in [2.45, 2.75) is 45.3 Å². The average Bonchev–Trinajstić information content (AvgIpc) is 2.41. The van der Waals surface area contributed by atoms with Crippen LogP contribution in [0, 0.1) is 0 Å². The van der Waals surface area contributed by atoms with E-state index in [1.165, 1.54) is 5.56 Å². The van der Waals surface area contributed by atoms with E-state index in [1.54, 1.807) is 0 Å². The van der Waals surface area contributed by atoms with Crippen molar-refractivity contribution >= 4 is 0 Å². The Hall–Kier alpha value is -0.860. The summed E-state index contributed by atoms with van der Waals surface area (Å²) in [7, 11) is 1.82. The molecule has 0 aromatic heterocycles. The van der Waals surface area contributed by atoms with Crippen LogP contribution in [0.4, 0.5) is 0 Å². The predicted molar refractivity (Wildman–Crippen MR) is 73.2 cm³/mol. The molecule has 1 rings (SSSR count). The Bertz CT molecular complexity index is 298. The molecule has 1 N–H and O–H groups in total. The summed E-state index contributed by atoms with van der Waals surface area (Å²) < 4.78 is 5.84. The molecule has 2 heteroatoms. The van der Waals surface area contributed by atoms with E-state index < -0.39 is 0 Å². The van der Waals surface area contributed by atoms with E-state index in [4.69, 9.17) is 4.74 Å². The van der Waals surface area contributed by atoms with E-state index in [1.807, 2.05) is 7.11 Å². The lowest BCUT2D eigenvalue weighted by molar-refractivity contribution is -0.0482. The zero-order chi connectivity index (χ0) is 12.7. The van der Waals surface area contributed by atoms with Crippen LogP contribution in [0.15, 0.2) is 30.3 Å². The highest BCUT2D eigenvalue weighted by Gasteiger charge is 2.36. The van der Waals surface area contributed by atoms with Gasteiger partial charge in [0, 0.05) is 7.11 Å². The first-order valence-electron chi connectivity index (χ1n) is 6.57. The Kier molecular flexibility index (Phi) is 5.66. The largest absolute Gasteiger partial charge is 0.376 e. The monoisotopic (exact) mass is 235 g/mol. The lowest BCUT2D eigenvalue weighted by Crippen LogP contribution is -2.44. The molecule has 0 heterocycles. The van der Waals surface area contributed by atoms with Gasteiger partial charge in [-0.1, -0.05) is 51.1 Å². The fourth-order valence-corrected chi connectivity index (χ4v) is 2.52. The molecule has 2 nitrogen and oxygen atoms in total. The molecule has 0 saturated carbocycles. The Balaban J connectivity index is 3.07. The van der Waals surface area contributed by atoms with Crippen LogP contribution in [-0.2, 0) is 4.74 Å². The summed E-state index contributed by atoms with van der Waals surface area (Å²) in [6.45, 7) is 7.48. The van der Waals surface area contributed by atoms with Crippen LogP contribution in [0.2, 0.25) is 0 Å². The highest BCUT2D eigenvalue weighted by atomic mass is 16.5. The minimum absolute atomic E-state index is 0.114. The Morgan fingerprint density at radius 2 is 1.71 bits per heavy atom. The van der Waals surface area contributed by atoms with Crippen LogP contribution in [0.5, 0.6) is 0 Å². The van der Waals surface area contributed by atoms with Crippen LogP contribution < -0.4 is 5.32 Å². The number of rotatable bonds is 7. The van der Waals surface area contributed by atoms with E-state index in [0.717, 1.165) is 19.4 Å². The van der Waals surface area contributed by atoms with Gasteiger partial charge in [-0.2, -0.15) is 0 Å². The SMILES string of the molecule is CCNC(c1ccccc1)C(CC)(CC)OC. The third-order valence-corrected chi connectivity index (χ3v) is 3.67. The molecular weight excluding hydrogens is 210 g/mol. The van der Waals surface area contributed by atoms with Crippen LogP contribution in [0.1, 0.15) is 45.2 Å². The van der Waals surface area contributed by atoms with Gasteiger partial charge in [-0.3, -0.25) is 0 Å². The maximum Gasteiger partial charge on any atom is 0.0867 e. The highest BCUT2D eigenvalue weighted by Crippen LogP contribution is 2.34. The van der Waals surface area contributed by atoms with Gasteiger partial charge in [-0.05, 0) is 24.9 Å². The topological polar surface area (TPSA) is 21.3 Å². The molecule has 0 amide bonds. The number of ether oxygens (including phenoxy) is 1. The Morgan fingerprint density at radius 1 is 1.12 bits per heavy atom. The van der Waals surface area contributed by atoms with Crippen LogP contribution in [0.3, 0.4) is 0 Å². The fourth-order valence-electron chi connectivity index (χ4n) is 2.52. The van der Waals surface area contributed by atoms with E-state index in [0.29, 0.717) is 0 Å². The number of nitrogens with one attached hydrogen (secondary N) is 1. The molecule has 0 saturated heterocycles. The minimum atomic E-state index is -0.114. The maximum atomic E-state index is 5.84. The number of benzene rings is 1. The zero-order valence-electron chi connectivity index (χ0n) is 11.5. The van der Waals surface area contributed by atoms with Crippen molar-refractivity contribution in [3.63, 3.8) is 0 Å². The third-order valence-electron chi connectivity index (χ3n) is 3.67. The second kappa shape index (κ2) is 6.77. The first-order chi connectivity index (χ1) is 8.24. The lowest BCUT2D eigenvalue weighted by Gasteiger charge is -2.39. The average molecular weight is 235 g/mol. The number of likely N-dealkylation sites (N-methyl/N-ethyl adjacent to an activating group) is 1. The van der Waals surface area contributed by atoms with Crippen molar-refractivity contribution in [2.75, 3.05) is 13.7 Å². The summed E-state index contributed by atoms with van der Waals surface area (Å²) in [5, 5.41) is 3.57. The molecule has 1 aromatic rings. The van der Waals surface area contributed by atoms with Gasteiger partial charge in [0.05, 0.1) is 11.6 Å². The molecule has 96 valence electrons. The molecule has 1 aromatic carbocycles. The van der Waals surface area contributed by atoms with Crippen LogP contribution in [0.25, 0.3) is 0 Å². The third kappa shape index (κ3) is 3.08. The molecule has 0 spiro atoms. The first kappa shape index (κ1) is 14.2. The van der Waals surface area contributed by atoms with Crippen molar-refractivity contribution in [1.29, 1.82) is 0 Å². The van der Waals surface area contributed by atoms with Crippen molar-refractivity contribution in [1.82, 2.24) is 5.32 Å². The van der Waals surface area contributed by atoms with Gasteiger partial charge in [0.1, 0.15) is 0 Å². The number of hydrogen-bond acceptors (Lipinski definition) is 2. The maximum absolute atomic E-state index is 5.84. The molecule has 1 atom stereocenters. The van der Waals surface area contributed by atoms with Crippen LogP contribution >= 0.6 is 0 Å². The standard InChI is InChI=1S/C15H25NO/c1-5-15(6-2,17-4)14(16-7-3)13-11-9-8-10-12-13/h8-12,14,16H,5-7H2,1-4H3. The van der Waals surface area contributed by atoms with Crippen molar-refractivity contribution in [3.05, 3.63) is 35.9 Å². The summed E-state index contributed by atoms with van der Waals surface area (Å²) >= 11 is 0. The number of hydrogen-bond donors (Lipinski definition) is 1. The molecule has 0 bridgehead atoms. The fraction of sp³-hybridized carbons (Fsp3) is 0.600. The van der Waals surface area contributed by atoms with E-state index in [2.05, 4.69) is 56.4 Å². The molecule has 0 aliphatic carbocycles. The first-order valence-corrected chi connectivity index (χ1v) is 6.57. The second-order valence-electron chi connectivity index (χ2n) is 4.38. The van der Waals surface area contributed by atoms with Crippen molar-refractivity contribution in [3.8, 4) is 0 Å². The quantitative estimate of drug-likeness (QED) is 0.780. The molecule has 0 fully saturated rings. The summed E-state index contributed by atoms with van der Waals surface area (Å²) in [6.07, 6.45) is 2.01. The lowest BCUT2D eigenvalue weighted by atomic mass is 9.83. The van der Waals surface area contributed by atoms with Gasteiger partial charge in [-0.15, -0.1) is 0 Å². The molecule has 0 aliphatic heterocycles. The van der Waals surface area contributed by atoms with Crippen molar-refractivity contribution < 1.29 is 4.74 Å². The van der Waals surface area contributed by atoms with Gasteiger partial charge in [0.25, 0.3) is 0 Å². The van der Waals surface area contributed by atoms with Gasteiger partial charge >= 0.3 is 0 Å². The van der Waals surface area contributed by atoms with Crippen molar-refractivity contribution in [2.24, 2.45) is 0 Å². The molecule has 17 heavy (non-hydrogen) atoms. The van der Waals surface area contributed by atoms with Gasteiger partial charge in [-0.25, -0.2) is 0 Å². The summed E-state index contributed by atoms with van der Waals surface area (Å²) in [5.74, 6) is 0. The molecule has 0 aliphatic rings. The Labute approximate surface area is 105 Å². The smallest absolute Gasteiger partial charge is 0.0867 e. The summed E-state index contributed by atoms with van der Waals surface area (Å²) in [6, 6.07) is 10.8. The number of methoxy groups -OCH3 is 1. The second-order valence-corrected chi connectivity index (χ2v) is 4.38. The predicted octanol–water partition coefficient (Wildman–Crippen LogP) is 3.54. The summed E-state index contributed by atoms with van der Waals surface area (Å²) in [4.78, 5) is 0. The van der Waals surface area contributed by atoms with E-state index >= 15 is 0 Å². The highest BCUT2D eigenvalue weighted by molar-refractivity contribution is 5.22. The van der Waals surface area contributed by atoms with Gasteiger partial charge in [0.15, 0.2) is 0 Å². The normalized spacial score (nSPS) is 13.6. The van der Waals surface area contributed by atoms with Gasteiger partial charge in [0.2, 0.25) is 0 Å². The molecular formula is C15H25NO. The van der Waals surface area contributed by atoms with E-state index in [-0.39, 0.29) is 11.6 Å². The van der Waals surface area contributed by atoms with Gasteiger partial charge < -0.3 is 10.1 Å². The zero-order valence-corrected chi connectivity index (χ0v) is 11.5. The molecule has 0 radical (unpaired) electrons. The van der Waals surface area contributed by atoms with Crippen LogP contribution in [-0.4, -0.2) is 19.3 Å². The minimum Gasteiger partial charge on any atom is -0.376 e. The molecule has 1 unspecified atom stereocenters. The Morgan fingerprint density at radius 3 is 2.12 bits per heavy atom. The van der Waals surface area contributed by atoms with E-state index in [9.17, 15) is 0 Å².